The summed E-state index contributed by atoms with van der Waals surface area (Å²) in [6.45, 7) is 0.940. The number of amides is 1. The molecule has 0 atom stereocenters. The van der Waals surface area contributed by atoms with Crippen LogP contribution in [0.3, 0.4) is 0 Å². The first kappa shape index (κ1) is 19.7. The second-order valence-electron chi connectivity index (χ2n) is 7.64. The number of hydrogen-bond acceptors (Lipinski definition) is 5. The van der Waals surface area contributed by atoms with Gasteiger partial charge in [0.1, 0.15) is 0 Å². The smallest absolute Gasteiger partial charge is 0.256 e. The Morgan fingerprint density at radius 3 is 2.60 bits per heavy atom. The third-order valence-electron chi connectivity index (χ3n) is 5.56. The number of pyridine rings is 2. The van der Waals surface area contributed by atoms with Crippen molar-refractivity contribution < 1.29 is 9.90 Å². The summed E-state index contributed by atoms with van der Waals surface area (Å²) >= 11 is 0. The van der Waals surface area contributed by atoms with Gasteiger partial charge in [-0.1, -0.05) is 12.1 Å². The molecule has 0 saturated carbocycles. The standard InChI is InChI=1S/C24H22N4O2/c25-17-19-4-1-3-18(15-19)16-24(30)8-13-28(14-9-24)23(29)21-5-2-10-27-22(21)20-6-11-26-12-7-20/h1-7,10-12,15,30H,8-9,13-14,16H2. The summed E-state index contributed by atoms with van der Waals surface area (Å²) < 4.78 is 0. The summed E-state index contributed by atoms with van der Waals surface area (Å²) in [5.74, 6) is -0.0801. The average molecular weight is 398 g/mol. The minimum Gasteiger partial charge on any atom is -0.389 e. The Morgan fingerprint density at radius 2 is 1.87 bits per heavy atom. The summed E-state index contributed by atoms with van der Waals surface area (Å²) in [7, 11) is 0. The molecule has 1 aliphatic heterocycles. The molecule has 1 amide bonds. The summed E-state index contributed by atoms with van der Waals surface area (Å²) in [6, 6.07) is 16.7. The minimum atomic E-state index is -0.881. The van der Waals surface area contributed by atoms with E-state index in [0.29, 0.717) is 49.2 Å². The molecule has 4 rings (SSSR count). The monoisotopic (exact) mass is 398 g/mol. The number of nitrogens with zero attached hydrogens (tertiary/aromatic N) is 4. The van der Waals surface area contributed by atoms with Gasteiger partial charge in [-0.25, -0.2) is 0 Å². The van der Waals surface area contributed by atoms with Crippen LogP contribution in [0.15, 0.2) is 67.1 Å². The first-order valence-corrected chi connectivity index (χ1v) is 9.94. The molecular formula is C24H22N4O2. The van der Waals surface area contributed by atoms with Gasteiger partial charge in [-0.05, 0) is 54.8 Å². The van der Waals surface area contributed by atoms with Crippen molar-refractivity contribution in [1.82, 2.24) is 14.9 Å². The van der Waals surface area contributed by atoms with Gasteiger partial charge in [0.15, 0.2) is 0 Å². The molecular weight excluding hydrogens is 376 g/mol. The van der Waals surface area contributed by atoms with Crippen molar-refractivity contribution in [3.63, 3.8) is 0 Å². The Bertz CT molecular complexity index is 1080. The molecule has 0 unspecified atom stereocenters. The summed E-state index contributed by atoms with van der Waals surface area (Å²) in [5, 5.41) is 20.1. The second kappa shape index (κ2) is 8.44. The molecule has 1 N–H and O–H groups in total. The quantitative estimate of drug-likeness (QED) is 0.729. The zero-order valence-corrected chi connectivity index (χ0v) is 16.5. The molecule has 0 radical (unpaired) electrons. The van der Waals surface area contributed by atoms with Crippen molar-refractivity contribution in [2.45, 2.75) is 24.9 Å². The number of carbonyl (C=O) groups is 1. The van der Waals surface area contributed by atoms with Crippen LogP contribution in [0, 0.1) is 11.3 Å². The van der Waals surface area contributed by atoms with Gasteiger partial charge in [0.25, 0.3) is 5.91 Å². The van der Waals surface area contributed by atoms with Gasteiger partial charge in [0.2, 0.25) is 0 Å². The van der Waals surface area contributed by atoms with Crippen LogP contribution in [-0.4, -0.2) is 44.6 Å². The number of aliphatic hydroxyl groups is 1. The van der Waals surface area contributed by atoms with E-state index in [1.807, 2.05) is 30.3 Å². The topological polar surface area (TPSA) is 90.1 Å². The van der Waals surface area contributed by atoms with E-state index in [1.165, 1.54) is 0 Å². The Morgan fingerprint density at radius 1 is 1.10 bits per heavy atom. The molecule has 1 fully saturated rings. The molecule has 1 aliphatic rings. The molecule has 1 saturated heterocycles. The van der Waals surface area contributed by atoms with E-state index in [4.69, 9.17) is 5.26 Å². The van der Waals surface area contributed by atoms with Crippen LogP contribution in [0.1, 0.15) is 34.3 Å². The highest BCUT2D eigenvalue weighted by atomic mass is 16.3. The lowest BCUT2D eigenvalue weighted by Crippen LogP contribution is -2.47. The first-order valence-electron chi connectivity index (χ1n) is 9.94. The molecule has 0 spiro atoms. The van der Waals surface area contributed by atoms with Gasteiger partial charge in [-0.15, -0.1) is 0 Å². The molecule has 30 heavy (non-hydrogen) atoms. The molecule has 3 heterocycles. The Hall–Kier alpha value is -3.56. The second-order valence-corrected chi connectivity index (χ2v) is 7.64. The van der Waals surface area contributed by atoms with Gasteiger partial charge >= 0.3 is 0 Å². The van der Waals surface area contributed by atoms with Gasteiger partial charge in [-0.2, -0.15) is 5.26 Å². The summed E-state index contributed by atoms with van der Waals surface area (Å²) in [5.41, 5.74) is 2.68. The van der Waals surface area contributed by atoms with Crippen LogP contribution < -0.4 is 0 Å². The fourth-order valence-electron chi connectivity index (χ4n) is 3.92. The van der Waals surface area contributed by atoms with Gasteiger partial charge in [0, 0.05) is 43.7 Å². The number of nitriles is 1. The summed E-state index contributed by atoms with van der Waals surface area (Å²) in [4.78, 5) is 23.4. The lowest BCUT2D eigenvalue weighted by Gasteiger charge is -2.38. The van der Waals surface area contributed by atoms with Crippen molar-refractivity contribution >= 4 is 5.91 Å². The molecule has 1 aromatic carbocycles. The number of benzene rings is 1. The Balaban J connectivity index is 1.47. The van der Waals surface area contributed by atoms with Crippen molar-refractivity contribution in [3.05, 3.63) is 83.8 Å². The summed E-state index contributed by atoms with van der Waals surface area (Å²) in [6.07, 6.45) is 6.48. The third kappa shape index (κ3) is 4.22. The zero-order chi connectivity index (χ0) is 21.0. The van der Waals surface area contributed by atoms with Crippen molar-refractivity contribution in [2.24, 2.45) is 0 Å². The van der Waals surface area contributed by atoms with E-state index in [1.54, 1.807) is 41.7 Å². The highest BCUT2D eigenvalue weighted by Gasteiger charge is 2.35. The third-order valence-corrected chi connectivity index (χ3v) is 5.56. The highest BCUT2D eigenvalue weighted by Crippen LogP contribution is 2.29. The van der Waals surface area contributed by atoms with Crippen LogP contribution in [0.5, 0.6) is 0 Å². The van der Waals surface area contributed by atoms with Crippen molar-refractivity contribution in [3.8, 4) is 17.3 Å². The number of likely N-dealkylation sites (tertiary alicyclic amines) is 1. The molecule has 0 bridgehead atoms. The molecule has 3 aromatic rings. The zero-order valence-electron chi connectivity index (χ0n) is 16.5. The SMILES string of the molecule is N#Cc1cccc(CC2(O)CCN(C(=O)c3cccnc3-c3ccncc3)CC2)c1. The maximum Gasteiger partial charge on any atom is 0.256 e. The van der Waals surface area contributed by atoms with Gasteiger partial charge in [-0.3, -0.25) is 14.8 Å². The van der Waals surface area contributed by atoms with Crippen molar-refractivity contribution in [1.29, 1.82) is 5.26 Å². The molecule has 150 valence electrons. The van der Waals surface area contributed by atoms with Crippen LogP contribution in [0.25, 0.3) is 11.3 Å². The number of piperidine rings is 1. The predicted molar refractivity (Wildman–Crippen MR) is 112 cm³/mol. The normalized spacial score (nSPS) is 15.4. The maximum atomic E-state index is 13.2. The number of carbonyl (C=O) groups excluding carboxylic acids is 1. The van der Waals surface area contributed by atoms with Crippen LogP contribution in [0.2, 0.25) is 0 Å². The van der Waals surface area contributed by atoms with Gasteiger partial charge in [0.05, 0.1) is 28.5 Å². The minimum absolute atomic E-state index is 0.0801. The number of rotatable bonds is 4. The largest absolute Gasteiger partial charge is 0.389 e. The lowest BCUT2D eigenvalue weighted by molar-refractivity contribution is -0.0162. The van der Waals surface area contributed by atoms with E-state index in [2.05, 4.69) is 16.0 Å². The van der Waals surface area contributed by atoms with Crippen LogP contribution in [-0.2, 0) is 6.42 Å². The van der Waals surface area contributed by atoms with E-state index < -0.39 is 5.60 Å². The van der Waals surface area contributed by atoms with E-state index in [9.17, 15) is 9.90 Å². The first-order chi connectivity index (χ1) is 14.6. The Labute approximate surface area is 175 Å². The molecule has 6 nitrogen and oxygen atoms in total. The lowest BCUT2D eigenvalue weighted by atomic mass is 9.85. The van der Waals surface area contributed by atoms with Crippen LogP contribution in [0.4, 0.5) is 0 Å². The molecule has 6 heteroatoms. The van der Waals surface area contributed by atoms with E-state index in [-0.39, 0.29) is 5.91 Å². The molecule has 0 aliphatic carbocycles. The number of aromatic nitrogens is 2. The fraction of sp³-hybridized carbons (Fsp3) is 0.250. The maximum absolute atomic E-state index is 13.2. The molecule has 2 aromatic heterocycles. The fourth-order valence-corrected chi connectivity index (χ4v) is 3.92. The predicted octanol–water partition coefficient (Wildman–Crippen LogP) is 3.23. The van der Waals surface area contributed by atoms with Crippen molar-refractivity contribution in [2.75, 3.05) is 13.1 Å². The van der Waals surface area contributed by atoms with Crippen LogP contribution >= 0.6 is 0 Å². The number of hydrogen-bond donors (Lipinski definition) is 1. The van der Waals surface area contributed by atoms with Gasteiger partial charge < -0.3 is 10.0 Å². The average Bonchev–Trinajstić information content (AvgIpc) is 2.79. The van der Waals surface area contributed by atoms with E-state index in [0.717, 1.165) is 11.1 Å². The highest BCUT2D eigenvalue weighted by molar-refractivity contribution is 5.99. The van der Waals surface area contributed by atoms with E-state index >= 15 is 0 Å². The Kier molecular flexibility index (Phi) is 5.55.